The van der Waals surface area contributed by atoms with Gasteiger partial charge in [0, 0.05) is 7.05 Å². The number of rotatable bonds is 4. The molecule has 0 aliphatic carbocycles. The van der Waals surface area contributed by atoms with E-state index < -0.39 is 5.91 Å². The summed E-state index contributed by atoms with van der Waals surface area (Å²) < 4.78 is 7.24. The summed E-state index contributed by atoms with van der Waals surface area (Å²) in [5.74, 6) is 0.732. The van der Waals surface area contributed by atoms with Gasteiger partial charge in [-0.2, -0.15) is 0 Å². The molecule has 0 unspecified atom stereocenters. The van der Waals surface area contributed by atoms with Crippen molar-refractivity contribution >= 4 is 39.9 Å². The quantitative estimate of drug-likeness (QED) is 0.473. The summed E-state index contributed by atoms with van der Waals surface area (Å²) >= 11 is 0.874. The van der Waals surface area contributed by atoms with Crippen molar-refractivity contribution in [2.75, 3.05) is 0 Å². The van der Waals surface area contributed by atoms with Crippen LogP contribution in [0.3, 0.4) is 0 Å². The number of aromatic nitrogens is 2. The topological polar surface area (TPSA) is 90.3 Å². The number of hydrogen-bond donors (Lipinski definition) is 1. The van der Waals surface area contributed by atoms with Crippen LogP contribution < -0.4 is 45.2 Å². The van der Waals surface area contributed by atoms with Gasteiger partial charge in [-0.1, -0.05) is 24.3 Å². The summed E-state index contributed by atoms with van der Waals surface area (Å²) in [5.41, 5.74) is 1.29. The van der Waals surface area contributed by atoms with E-state index in [0.29, 0.717) is 27.4 Å². The number of para-hydroxylation sites is 1. The maximum Gasteiger partial charge on any atom is 1.00 e. The third kappa shape index (κ3) is 4.62. The first kappa shape index (κ1) is 21.3. The number of hydrogen-bond acceptors (Lipinski definition) is 6. The molecule has 2 amide bonds. The average Bonchev–Trinajstić information content (AvgIpc) is 3.01. The van der Waals surface area contributed by atoms with Crippen LogP contribution in [0.1, 0.15) is 12.8 Å². The Morgan fingerprint density at radius 2 is 1.86 bits per heavy atom. The molecule has 9 heteroatoms. The van der Waals surface area contributed by atoms with Crippen LogP contribution in [0.15, 0.2) is 58.2 Å². The first-order valence-corrected chi connectivity index (χ1v) is 9.25. The van der Waals surface area contributed by atoms with Crippen molar-refractivity contribution in [2.45, 2.75) is 6.61 Å². The van der Waals surface area contributed by atoms with Gasteiger partial charge in [-0.25, -0.2) is 4.98 Å². The molecule has 0 bridgehead atoms. The number of fused-ring (bicyclic) bond motifs is 1. The molecule has 1 saturated heterocycles. The summed E-state index contributed by atoms with van der Waals surface area (Å²) in [7, 11) is 1.67. The Bertz CT molecular complexity index is 1190. The summed E-state index contributed by atoms with van der Waals surface area (Å²) in [6.07, 6.45) is 1.64. The van der Waals surface area contributed by atoms with E-state index in [0.717, 1.165) is 17.3 Å². The molecule has 2 aromatic carbocycles. The molecule has 0 saturated carbocycles. The molecule has 0 spiro atoms. The smallest absolute Gasteiger partial charge is 1.00 e. The third-order valence-electron chi connectivity index (χ3n) is 4.26. The Kier molecular flexibility index (Phi) is 6.59. The van der Waals surface area contributed by atoms with Crippen molar-refractivity contribution in [3.63, 3.8) is 0 Å². The maximum atomic E-state index is 12.4. The number of carbonyl (C=O) groups is 2. The van der Waals surface area contributed by atoms with Crippen LogP contribution in [0.4, 0.5) is 4.79 Å². The van der Waals surface area contributed by atoms with Crippen LogP contribution in [0.2, 0.25) is 0 Å². The number of amides is 2. The van der Waals surface area contributed by atoms with Crippen LogP contribution in [-0.2, 0) is 18.4 Å². The van der Waals surface area contributed by atoms with E-state index in [1.165, 1.54) is 4.57 Å². The average molecular weight is 417 g/mol. The van der Waals surface area contributed by atoms with Gasteiger partial charge in [-0.15, -0.1) is 0 Å². The number of benzene rings is 2. The van der Waals surface area contributed by atoms with E-state index in [9.17, 15) is 14.4 Å². The fourth-order valence-electron chi connectivity index (χ4n) is 2.77. The van der Waals surface area contributed by atoms with Gasteiger partial charge < -0.3 is 6.16 Å². The van der Waals surface area contributed by atoms with Gasteiger partial charge in [0.2, 0.25) is 0 Å². The van der Waals surface area contributed by atoms with Gasteiger partial charge in [0.25, 0.3) is 16.7 Å². The molecule has 142 valence electrons. The largest absolute Gasteiger partial charge is 1.00 e. The molecule has 1 aliphatic heterocycles. The van der Waals surface area contributed by atoms with Crippen molar-refractivity contribution in [3.8, 4) is 5.75 Å². The molecule has 0 atom stereocenters. The molecule has 0 radical (unpaired) electrons. The molecule has 1 aliphatic rings. The first-order valence-electron chi connectivity index (χ1n) is 8.43. The van der Waals surface area contributed by atoms with E-state index >= 15 is 0 Å². The van der Waals surface area contributed by atoms with E-state index in [2.05, 4.69) is 10.3 Å². The van der Waals surface area contributed by atoms with Gasteiger partial charge in [0.1, 0.15) is 18.2 Å². The fraction of sp³-hybridized carbons (Fsp3) is 0.100. The first-order chi connectivity index (χ1) is 13.5. The number of thioether (sulfide) groups is 1. The zero-order chi connectivity index (χ0) is 19.7. The second kappa shape index (κ2) is 8.96. The zero-order valence-electron chi connectivity index (χ0n) is 16.8. The molecule has 3 aromatic rings. The molecule has 2 heterocycles. The Hall–Kier alpha value is -2.39. The fourth-order valence-corrected chi connectivity index (χ4v) is 3.46. The van der Waals surface area contributed by atoms with Gasteiger partial charge in [-0.3, -0.25) is 24.3 Å². The molecular weight excluding hydrogens is 401 g/mol. The number of nitrogens with one attached hydrogen (secondary N) is 1. The van der Waals surface area contributed by atoms with E-state index in [1.807, 2.05) is 12.1 Å². The number of carbonyl (C=O) groups excluding carboxylic acids is 2. The molecule has 1 N–H and O–H groups in total. The van der Waals surface area contributed by atoms with Gasteiger partial charge in [-0.05, 0) is 47.7 Å². The summed E-state index contributed by atoms with van der Waals surface area (Å²) in [4.78, 5) is 40.1. The van der Waals surface area contributed by atoms with Crippen molar-refractivity contribution in [2.24, 2.45) is 7.05 Å². The van der Waals surface area contributed by atoms with Gasteiger partial charge in [0.15, 0.2) is 0 Å². The molecule has 1 aromatic heterocycles. The normalized spacial score (nSPS) is 14.7. The Balaban J connectivity index is 0.00000160. The Labute approximate surface area is 193 Å². The number of nitrogens with zero attached hydrogens (tertiary/aromatic N) is 2. The van der Waals surface area contributed by atoms with Crippen molar-refractivity contribution in [1.82, 2.24) is 14.9 Å². The van der Waals surface area contributed by atoms with Crippen LogP contribution in [-0.4, -0.2) is 20.7 Å². The van der Waals surface area contributed by atoms with Crippen LogP contribution in [0, 0.1) is 0 Å². The maximum absolute atomic E-state index is 12.4. The minimum Gasteiger partial charge on any atom is -1.00 e. The summed E-state index contributed by atoms with van der Waals surface area (Å²) in [6.45, 7) is 0.143. The summed E-state index contributed by atoms with van der Waals surface area (Å²) in [5, 5.41) is 2.41. The van der Waals surface area contributed by atoms with E-state index in [1.54, 1.807) is 49.5 Å². The molecule has 4 rings (SSSR count). The SMILES string of the molecule is Cn1c(COc2ccc(C=C3SC(=O)NC3=O)cc2)nc2ccccc2c1=O.[H-].[Na+]. The predicted octanol–water partition coefficient (Wildman–Crippen LogP) is -0.0471. The second-order valence-electron chi connectivity index (χ2n) is 6.12. The Morgan fingerprint density at radius 3 is 2.55 bits per heavy atom. The predicted molar refractivity (Wildman–Crippen MR) is 108 cm³/mol. The molecular formula is C20H16N3NaO4S. The third-order valence-corrected chi connectivity index (χ3v) is 5.07. The monoisotopic (exact) mass is 417 g/mol. The zero-order valence-corrected chi connectivity index (χ0v) is 18.7. The van der Waals surface area contributed by atoms with Crippen molar-refractivity contribution in [1.29, 1.82) is 0 Å². The second-order valence-corrected chi connectivity index (χ2v) is 7.13. The minimum absolute atomic E-state index is 0. The molecule has 7 nitrogen and oxygen atoms in total. The van der Waals surface area contributed by atoms with Crippen molar-refractivity contribution in [3.05, 3.63) is 75.2 Å². The van der Waals surface area contributed by atoms with E-state index in [4.69, 9.17) is 4.74 Å². The van der Waals surface area contributed by atoms with Gasteiger partial charge in [0.05, 0.1) is 15.8 Å². The number of imide groups is 1. The van der Waals surface area contributed by atoms with Gasteiger partial charge >= 0.3 is 29.6 Å². The van der Waals surface area contributed by atoms with Crippen LogP contribution in [0.25, 0.3) is 17.0 Å². The number of ether oxygens (including phenoxy) is 1. The van der Waals surface area contributed by atoms with Crippen LogP contribution in [0.5, 0.6) is 5.75 Å². The molecule has 29 heavy (non-hydrogen) atoms. The van der Waals surface area contributed by atoms with Crippen molar-refractivity contribution < 1.29 is 45.3 Å². The Morgan fingerprint density at radius 1 is 1.14 bits per heavy atom. The standard InChI is InChI=1S/C20H15N3O4S.Na.H/c1-23-17(21-15-5-3-2-4-14(15)19(23)25)11-27-13-8-6-12(7-9-13)10-16-18(24)22-20(26)28-16;;/h2-10H,11H2,1H3,(H,22,24,26);;/q;+1;-1. The molecule has 1 fully saturated rings. The minimum atomic E-state index is -0.390. The van der Waals surface area contributed by atoms with E-state index in [-0.39, 0.29) is 48.4 Å². The summed E-state index contributed by atoms with van der Waals surface area (Å²) in [6, 6.07) is 14.3. The van der Waals surface area contributed by atoms with Crippen LogP contribution >= 0.6 is 11.8 Å².